The van der Waals surface area contributed by atoms with E-state index in [2.05, 4.69) is 39.9 Å². The van der Waals surface area contributed by atoms with Crippen molar-refractivity contribution in [2.75, 3.05) is 26.2 Å². The van der Waals surface area contributed by atoms with Crippen LogP contribution in [0, 0.1) is 19.8 Å². The summed E-state index contributed by atoms with van der Waals surface area (Å²) >= 11 is 0. The van der Waals surface area contributed by atoms with Gasteiger partial charge in [-0.1, -0.05) is 31.1 Å². The molecule has 1 aliphatic rings. The quantitative estimate of drug-likeness (QED) is 0.561. The van der Waals surface area contributed by atoms with Gasteiger partial charge in [-0.2, -0.15) is 0 Å². The SMILES string of the molecule is Cc1noc(C)c1COC1CN(Cc2cccc3nccnc23)CC(=O)N(CC(C)C)C1. The van der Waals surface area contributed by atoms with Crippen molar-refractivity contribution >= 4 is 16.9 Å². The Bertz CT molecular complexity index is 1060. The van der Waals surface area contributed by atoms with Crippen molar-refractivity contribution in [2.45, 2.75) is 47.0 Å². The fourth-order valence-electron chi connectivity index (χ4n) is 4.22. The molecule has 0 radical (unpaired) electrons. The minimum absolute atomic E-state index is 0.116. The highest BCUT2D eigenvalue weighted by atomic mass is 16.5. The molecule has 0 aliphatic carbocycles. The molecule has 0 N–H and O–H groups in total. The van der Waals surface area contributed by atoms with Gasteiger partial charge in [-0.3, -0.25) is 19.7 Å². The van der Waals surface area contributed by atoms with Crippen LogP contribution in [-0.4, -0.2) is 63.1 Å². The first kappa shape index (κ1) is 22.4. The number of aryl methyl sites for hydroxylation is 2. The van der Waals surface area contributed by atoms with Crippen LogP contribution in [0.4, 0.5) is 0 Å². The fraction of sp³-hybridized carbons (Fsp3) is 0.500. The lowest BCUT2D eigenvalue weighted by atomic mass is 10.1. The molecule has 0 bridgehead atoms. The third-order valence-corrected chi connectivity index (χ3v) is 5.80. The van der Waals surface area contributed by atoms with Crippen LogP contribution < -0.4 is 0 Å². The van der Waals surface area contributed by atoms with Gasteiger partial charge in [0, 0.05) is 44.1 Å². The van der Waals surface area contributed by atoms with E-state index >= 15 is 0 Å². The second-order valence-corrected chi connectivity index (χ2v) is 8.94. The Balaban J connectivity index is 1.54. The second-order valence-electron chi connectivity index (χ2n) is 8.94. The highest BCUT2D eigenvalue weighted by Crippen LogP contribution is 2.20. The van der Waals surface area contributed by atoms with Crippen LogP contribution in [0.3, 0.4) is 0 Å². The summed E-state index contributed by atoms with van der Waals surface area (Å²) in [6.07, 6.45) is 3.29. The number of benzene rings is 1. The summed E-state index contributed by atoms with van der Waals surface area (Å²) < 4.78 is 11.6. The first-order valence-corrected chi connectivity index (χ1v) is 11.1. The molecular formula is C24H31N5O3. The van der Waals surface area contributed by atoms with Gasteiger partial charge >= 0.3 is 0 Å². The molecule has 1 amide bonds. The highest BCUT2D eigenvalue weighted by Gasteiger charge is 2.29. The van der Waals surface area contributed by atoms with Gasteiger partial charge in [0.05, 0.1) is 36.0 Å². The summed E-state index contributed by atoms with van der Waals surface area (Å²) in [6.45, 7) is 11.4. The standard InChI is InChI=1S/C24H31N5O3/c1-16(2)10-29-13-20(31-15-21-17(3)27-32-18(21)4)12-28(14-23(29)30)11-19-6-5-7-22-24(19)26-9-8-25-22/h5-9,16,20H,10-15H2,1-4H3. The van der Waals surface area contributed by atoms with Crippen molar-refractivity contribution in [3.63, 3.8) is 0 Å². The Morgan fingerprint density at radius 2 is 2.00 bits per heavy atom. The van der Waals surface area contributed by atoms with Gasteiger partial charge < -0.3 is 14.2 Å². The van der Waals surface area contributed by atoms with Gasteiger partial charge in [0.2, 0.25) is 5.91 Å². The van der Waals surface area contributed by atoms with Crippen molar-refractivity contribution < 1.29 is 14.1 Å². The molecule has 1 fully saturated rings. The molecule has 0 spiro atoms. The zero-order valence-corrected chi connectivity index (χ0v) is 19.2. The number of ether oxygens (including phenoxy) is 1. The van der Waals surface area contributed by atoms with Crippen molar-refractivity contribution in [2.24, 2.45) is 5.92 Å². The predicted octanol–water partition coefficient (Wildman–Crippen LogP) is 3.12. The van der Waals surface area contributed by atoms with E-state index in [-0.39, 0.29) is 12.0 Å². The average Bonchev–Trinajstić information content (AvgIpc) is 3.00. The summed E-state index contributed by atoms with van der Waals surface area (Å²) in [7, 11) is 0. The van der Waals surface area contributed by atoms with Crippen molar-refractivity contribution in [3.05, 3.63) is 53.2 Å². The van der Waals surface area contributed by atoms with E-state index < -0.39 is 0 Å². The molecule has 1 saturated heterocycles. The van der Waals surface area contributed by atoms with E-state index in [0.29, 0.717) is 38.7 Å². The van der Waals surface area contributed by atoms with Crippen LogP contribution in [0.1, 0.15) is 36.4 Å². The normalized spacial score (nSPS) is 18.0. The molecule has 1 aliphatic heterocycles. The monoisotopic (exact) mass is 437 g/mol. The van der Waals surface area contributed by atoms with E-state index in [1.165, 1.54) is 0 Å². The molecule has 4 rings (SSSR count). The molecule has 3 aromatic rings. The molecule has 170 valence electrons. The van der Waals surface area contributed by atoms with Crippen LogP contribution in [0.15, 0.2) is 35.1 Å². The van der Waals surface area contributed by atoms with Crippen LogP contribution in [0.25, 0.3) is 11.0 Å². The number of carbonyl (C=O) groups is 1. The number of aromatic nitrogens is 3. The number of rotatable bonds is 7. The highest BCUT2D eigenvalue weighted by molar-refractivity contribution is 5.79. The van der Waals surface area contributed by atoms with Crippen molar-refractivity contribution in [3.8, 4) is 0 Å². The van der Waals surface area contributed by atoms with Gasteiger partial charge in [-0.15, -0.1) is 0 Å². The van der Waals surface area contributed by atoms with E-state index in [0.717, 1.165) is 40.2 Å². The van der Waals surface area contributed by atoms with Gasteiger partial charge in [0.1, 0.15) is 5.76 Å². The largest absolute Gasteiger partial charge is 0.370 e. The maximum atomic E-state index is 13.1. The van der Waals surface area contributed by atoms with E-state index in [4.69, 9.17) is 9.26 Å². The summed E-state index contributed by atoms with van der Waals surface area (Å²) in [5.41, 5.74) is 4.62. The Labute approximate surface area is 188 Å². The Hall–Kier alpha value is -2.84. The van der Waals surface area contributed by atoms with Gasteiger partial charge in [-0.25, -0.2) is 0 Å². The molecule has 3 heterocycles. The molecule has 2 aromatic heterocycles. The molecule has 1 unspecified atom stereocenters. The Kier molecular flexibility index (Phi) is 6.81. The van der Waals surface area contributed by atoms with Crippen molar-refractivity contribution in [1.29, 1.82) is 0 Å². The van der Waals surface area contributed by atoms with Crippen LogP contribution >= 0.6 is 0 Å². The van der Waals surface area contributed by atoms with Gasteiger partial charge in [0.15, 0.2) is 0 Å². The maximum Gasteiger partial charge on any atom is 0.236 e. The number of nitrogens with zero attached hydrogens (tertiary/aromatic N) is 5. The molecule has 1 aromatic carbocycles. The Morgan fingerprint density at radius 3 is 2.75 bits per heavy atom. The topological polar surface area (TPSA) is 84.6 Å². The first-order valence-electron chi connectivity index (χ1n) is 11.1. The Morgan fingerprint density at radius 1 is 1.19 bits per heavy atom. The molecule has 32 heavy (non-hydrogen) atoms. The fourth-order valence-corrected chi connectivity index (χ4v) is 4.22. The van der Waals surface area contributed by atoms with Crippen LogP contribution in [-0.2, 0) is 22.7 Å². The second kappa shape index (κ2) is 9.75. The number of hydrogen-bond acceptors (Lipinski definition) is 7. The van der Waals surface area contributed by atoms with E-state index in [1.54, 1.807) is 12.4 Å². The summed E-state index contributed by atoms with van der Waals surface area (Å²) in [4.78, 5) is 26.1. The minimum Gasteiger partial charge on any atom is -0.370 e. The van der Waals surface area contributed by atoms with Crippen LogP contribution in [0.5, 0.6) is 0 Å². The zero-order chi connectivity index (χ0) is 22.7. The predicted molar refractivity (Wildman–Crippen MR) is 121 cm³/mol. The molecule has 8 heteroatoms. The zero-order valence-electron chi connectivity index (χ0n) is 19.2. The molecule has 1 atom stereocenters. The lowest BCUT2D eigenvalue weighted by molar-refractivity contribution is -0.132. The average molecular weight is 438 g/mol. The van der Waals surface area contributed by atoms with Gasteiger partial charge in [-0.05, 0) is 31.4 Å². The number of hydrogen-bond donors (Lipinski definition) is 0. The smallest absolute Gasteiger partial charge is 0.236 e. The van der Waals surface area contributed by atoms with E-state index in [9.17, 15) is 4.79 Å². The van der Waals surface area contributed by atoms with Crippen molar-refractivity contribution in [1.82, 2.24) is 24.9 Å². The maximum absolute atomic E-state index is 13.1. The first-order chi connectivity index (χ1) is 15.4. The third-order valence-electron chi connectivity index (χ3n) is 5.80. The lowest BCUT2D eigenvalue weighted by Gasteiger charge is -2.26. The molecule has 8 nitrogen and oxygen atoms in total. The summed E-state index contributed by atoms with van der Waals surface area (Å²) in [5, 5.41) is 4.02. The van der Waals surface area contributed by atoms with E-state index in [1.807, 2.05) is 30.9 Å². The number of amides is 1. The number of para-hydroxylation sites is 1. The van der Waals surface area contributed by atoms with Gasteiger partial charge in [0.25, 0.3) is 0 Å². The third kappa shape index (κ3) is 5.14. The lowest BCUT2D eigenvalue weighted by Crippen LogP contribution is -2.40. The summed E-state index contributed by atoms with van der Waals surface area (Å²) in [6, 6.07) is 6.00. The van der Waals surface area contributed by atoms with Crippen LogP contribution in [0.2, 0.25) is 0 Å². The molecular weight excluding hydrogens is 406 g/mol. The number of fused-ring (bicyclic) bond motifs is 1. The number of carbonyl (C=O) groups excluding carboxylic acids is 1. The summed E-state index contributed by atoms with van der Waals surface area (Å²) in [5.74, 6) is 1.30. The minimum atomic E-state index is -0.116. The molecule has 0 saturated carbocycles.